The Morgan fingerprint density at radius 2 is 1.83 bits per heavy atom. The molecule has 7 heteroatoms. The second-order valence-electron chi connectivity index (χ2n) is 5.64. The lowest BCUT2D eigenvalue weighted by Crippen LogP contribution is -2.17. The lowest BCUT2D eigenvalue weighted by molar-refractivity contribution is 0.662. The van der Waals surface area contributed by atoms with E-state index in [1.54, 1.807) is 6.07 Å². The molecule has 0 amide bonds. The van der Waals surface area contributed by atoms with Crippen LogP contribution in [-0.4, -0.2) is 28.0 Å². The van der Waals surface area contributed by atoms with Crippen LogP contribution in [0.3, 0.4) is 0 Å². The number of imidazole rings is 1. The Morgan fingerprint density at radius 1 is 1.04 bits per heavy atom. The molecule has 2 heterocycles. The van der Waals surface area contributed by atoms with Gasteiger partial charge in [0, 0.05) is 28.8 Å². The third kappa shape index (κ3) is 4.60. The minimum absolute atomic E-state index is 0.662. The minimum Gasteiger partial charge on any atom is -0.356 e. The minimum atomic E-state index is 0.662. The molecular weight excluding hydrogens is 345 g/mol. The predicted molar refractivity (Wildman–Crippen MR) is 99.9 cm³/mol. The Balaban J connectivity index is 1.40. The van der Waals surface area contributed by atoms with Gasteiger partial charge in [-0.3, -0.25) is 0 Å². The summed E-state index contributed by atoms with van der Waals surface area (Å²) >= 11 is 12.0. The summed E-state index contributed by atoms with van der Waals surface area (Å²) in [6.07, 6.45) is 0.970. The molecule has 0 atom stereocenters. The number of aromatic amines is 1. The molecule has 0 aliphatic heterocycles. The summed E-state index contributed by atoms with van der Waals surface area (Å²) in [7, 11) is 0. The van der Waals surface area contributed by atoms with E-state index >= 15 is 0 Å². The summed E-state index contributed by atoms with van der Waals surface area (Å²) < 4.78 is 0. The quantitative estimate of drug-likeness (QED) is 0.551. The van der Waals surface area contributed by atoms with Gasteiger partial charge >= 0.3 is 0 Å². The van der Waals surface area contributed by atoms with E-state index in [0.717, 1.165) is 54.4 Å². The highest BCUT2D eigenvalue weighted by molar-refractivity contribution is 6.34. The summed E-state index contributed by atoms with van der Waals surface area (Å²) in [6.45, 7) is 4.41. The number of aryl methyl sites for hydroxylation is 1. The first-order valence-corrected chi connectivity index (χ1v) is 8.59. The van der Waals surface area contributed by atoms with Gasteiger partial charge in [-0.2, -0.15) is 4.98 Å². The van der Waals surface area contributed by atoms with E-state index in [1.807, 2.05) is 31.2 Å². The van der Waals surface area contributed by atoms with Gasteiger partial charge in [0.15, 0.2) is 5.65 Å². The number of hydrogen-bond donors (Lipinski definition) is 3. The number of benzene rings is 1. The summed E-state index contributed by atoms with van der Waals surface area (Å²) in [4.78, 5) is 12.0. The maximum absolute atomic E-state index is 5.99. The van der Waals surface area contributed by atoms with E-state index in [4.69, 9.17) is 23.2 Å². The van der Waals surface area contributed by atoms with Crippen LogP contribution in [0.15, 0.2) is 30.3 Å². The van der Waals surface area contributed by atoms with Gasteiger partial charge in [-0.1, -0.05) is 23.2 Å². The van der Waals surface area contributed by atoms with Crippen LogP contribution in [-0.2, 0) is 6.54 Å². The standard InChI is InChI=1S/C17H19Cl2N5/c1-11-3-4-15-16(22-11)24-17(23-15)21-6-2-5-20-10-12-7-13(18)9-14(19)8-12/h3-4,7-9,20H,2,5-6,10H2,1H3,(H2,21,22,23,24). The second-order valence-corrected chi connectivity index (χ2v) is 6.52. The van der Waals surface area contributed by atoms with E-state index in [9.17, 15) is 0 Å². The molecule has 0 spiro atoms. The molecule has 1 aromatic carbocycles. The highest BCUT2D eigenvalue weighted by Gasteiger charge is 2.03. The van der Waals surface area contributed by atoms with Crippen molar-refractivity contribution < 1.29 is 0 Å². The predicted octanol–water partition coefficient (Wildman–Crippen LogP) is 4.16. The third-order valence-electron chi connectivity index (χ3n) is 3.56. The van der Waals surface area contributed by atoms with Gasteiger partial charge in [0.05, 0.1) is 5.52 Å². The second kappa shape index (κ2) is 7.83. The number of hydrogen-bond acceptors (Lipinski definition) is 4. The number of aromatic nitrogens is 3. The molecule has 0 saturated heterocycles. The molecule has 126 valence electrons. The Hall–Kier alpha value is -1.82. The molecule has 5 nitrogen and oxygen atoms in total. The number of anilines is 1. The largest absolute Gasteiger partial charge is 0.356 e. The van der Waals surface area contributed by atoms with E-state index in [2.05, 4.69) is 25.6 Å². The Kier molecular flexibility index (Phi) is 5.56. The zero-order valence-corrected chi connectivity index (χ0v) is 14.9. The lowest BCUT2D eigenvalue weighted by Gasteiger charge is -2.06. The van der Waals surface area contributed by atoms with Crippen LogP contribution in [0.25, 0.3) is 11.2 Å². The number of pyridine rings is 1. The van der Waals surface area contributed by atoms with E-state index in [-0.39, 0.29) is 0 Å². The Labute approximate surface area is 150 Å². The van der Waals surface area contributed by atoms with Crippen molar-refractivity contribution in [2.24, 2.45) is 0 Å². The van der Waals surface area contributed by atoms with Gasteiger partial charge in [-0.05, 0) is 55.8 Å². The normalized spacial score (nSPS) is 11.1. The topological polar surface area (TPSA) is 65.6 Å². The first kappa shape index (κ1) is 17.0. The first-order chi connectivity index (χ1) is 11.6. The fourth-order valence-electron chi connectivity index (χ4n) is 2.44. The average Bonchev–Trinajstić information content (AvgIpc) is 2.91. The molecule has 0 unspecified atom stereocenters. The maximum atomic E-state index is 5.99. The molecule has 2 aromatic heterocycles. The van der Waals surface area contributed by atoms with Crippen molar-refractivity contribution in [3.05, 3.63) is 51.6 Å². The van der Waals surface area contributed by atoms with Crippen molar-refractivity contribution in [1.82, 2.24) is 20.3 Å². The van der Waals surface area contributed by atoms with Crippen LogP contribution in [0.1, 0.15) is 17.7 Å². The molecule has 3 aromatic rings. The summed E-state index contributed by atoms with van der Waals surface area (Å²) in [6, 6.07) is 9.54. The molecule has 0 saturated carbocycles. The molecule has 3 N–H and O–H groups in total. The van der Waals surface area contributed by atoms with Crippen LogP contribution < -0.4 is 10.6 Å². The number of H-pyrrole nitrogens is 1. The van der Waals surface area contributed by atoms with Crippen molar-refractivity contribution in [3.63, 3.8) is 0 Å². The van der Waals surface area contributed by atoms with E-state index < -0.39 is 0 Å². The Bertz CT molecular complexity index is 811. The monoisotopic (exact) mass is 363 g/mol. The molecule has 0 radical (unpaired) electrons. The van der Waals surface area contributed by atoms with Crippen molar-refractivity contribution in [2.45, 2.75) is 19.9 Å². The number of nitrogens with zero attached hydrogens (tertiary/aromatic N) is 2. The summed E-state index contributed by atoms with van der Waals surface area (Å²) in [5.41, 5.74) is 3.73. The van der Waals surface area contributed by atoms with Crippen molar-refractivity contribution in [3.8, 4) is 0 Å². The zero-order valence-electron chi connectivity index (χ0n) is 13.4. The van der Waals surface area contributed by atoms with Gasteiger partial charge < -0.3 is 15.6 Å². The summed E-state index contributed by atoms with van der Waals surface area (Å²) in [5, 5.41) is 7.98. The fraction of sp³-hybridized carbons (Fsp3) is 0.294. The highest BCUT2D eigenvalue weighted by Crippen LogP contribution is 2.18. The van der Waals surface area contributed by atoms with Gasteiger partial charge in [-0.15, -0.1) is 0 Å². The number of fused-ring (bicyclic) bond motifs is 1. The van der Waals surface area contributed by atoms with Crippen molar-refractivity contribution in [1.29, 1.82) is 0 Å². The maximum Gasteiger partial charge on any atom is 0.202 e. The van der Waals surface area contributed by atoms with Crippen LogP contribution in [0, 0.1) is 6.92 Å². The van der Waals surface area contributed by atoms with Crippen LogP contribution >= 0.6 is 23.2 Å². The van der Waals surface area contributed by atoms with Crippen LogP contribution in [0.4, 0.5) is 5.95 Å². The first-order valence-electron chi connectivity index (χ1n) is 7.83. The van der Waals surface area contributed by atoms with E-state index in [0.29, 0.717) is 10.0 Å². The molecule has 0 bridgehead atoms. The number of rotatable bonds is 7. The van der Waals surface area contributed by atoms with Crippen LogP contribution in [0.5, 0.6) is 0 Å². The molecule has 3 rings (SSSR count). The third-order valence-corrected chi connectivity index (χ3v) is 4.00. The smallest absolute Gasteiger partial charge is 0.202 e. The highest BCUT2D eigenvalue weighted by atomic mass is 35.5. The van der Waals surface area contributed by atoms with Gasteiger partial charge in [0.2, 0.25) is 5.95 Å². The molecule has 24 heavy (non-hydrogen) atoms. The van der Waals surface area contributed by atoms with Gasteiger partial charge in [0.25, 0.3) is 0 Å². The zero-order chi connectivity index (χ0) is 16.9. The number of nitrogens with one attached hydrogen (secondary N) is 3. The molecule has 0 fully saturated rings. The van der Waals surface area contributed by atoms with Crippen LogP contribution in [0.2, 0.25) is 10.0 Å². The number of halogens is 2. The lowest BCUT2D eigenvalue weighted by atomic mass is 10.2. The molecular formula is C17H19Cl2N5. The van der Waals surface area contributed by atoms with Gasteiger partial charge in [0.1, 0.15) is 0 Å². The van der Waals surface area contributed by atoms with E-state index in [1.165, 1.54) is 0 Å². The fourth-order valence-corrected chi connectivity index (χ4v) is 3.01. The molecule has 0 aliphatic rings. The Morgan fingerprint density at radius 3 is 2.62 bits per heavy atom. The summed E-state index contributed by atoms with van der Waals surface area (Å²) in [5.74, 6) is 0.754. The van der Waals surface area contributed by atoms with Crippen molar-refractivity contribution >= 4 is 40.3 Å². The SMILES string of the molecule is Cc1ccc2[nH]c(NCCCNCc3cc(Cl)cc(Cl)c3)nc2n1. The molecule has 0 aliphatic carbocycles. The van der Waals surface area contributed by atoms with Gasteiger partial charge in [-0.25, -0.2) is 4.98 Å². The average molecular weight is 364 g/mol. The van der Waals surface area contributed by atoms with Crippen molar-refractivity contribution in [2.75, 3.05) is 18.4 Å².